The first-order valence-electron chi connectivity index (χ1n) is 7.65. The van der Waals surface area contributed by atoms with Crippen molar-refractivity contribution in [3.63, 3.8) is 0 Å². The molecule has 2 rings (SSSR count). The molecule has 2 heterocycles. The average Bonchev–Trinajstić information content (AvgIpc) is 2.51. The number of anilines is 1. The first-order chi connectivity index (χ1) is 10.2. The van der Waals surface area contributed by atoms with Gasteiger partial charge in [0, 0.05) is 39.3 Å². The van der Waals surface area contributed by atoms with Gasteiger partial charge in [-0.25, -0.2) is 4.68 Å². The van der Waals surface area contributed by atoms with Crippen LogP contribution in [0.3, 0.4) is 0 Å². The van der Waals surface area contributed by atoms with E-state index in [9.17, 15) is 4.79 Å². The van der Waals surface area contributed by atoms with E-state index in [0.29, 0.717) is 11.0 Å². The van der Waals surface area contributed by atoms with Crippen molar-refractivity contribution in [1.29, 1.82) is 0 Å². The summed E-state index contributed by atoms with van der Waals surface area (Å²) in [6, 6.07) is 0. The number of piperazine rings is 1. The largest absolute Gasteiger partial charge is 0.383 e. The van der Waals surface area contributed by atoms with Gasteiger partial charge in [-0.1, -0.05) is 6.92 Å². The van der Waals surface area contributed by atoms with Crippen molar-refractivity contribution in [2.45, 2.75) is 26.3 Å². The number of nitrogens with one attached hydrogen (secondary N) is 2. The summed E-state index contributed by atoms with van der Waals surface area (Å²) in [5.74, 6) is 0. The van der Waals surface area contributed by atoms with E-state index in [1.54, 1.807) is 6.20 Å². The highest BCUT2D eigenvalue weighted by Crippen LogP contribution is 2.16. The van der Waals surface area contributed by atoms with Gasteiger partial charge in [0.2, 0.25) is 0 Å². The maximum atomic E-state index is 12.1. The number of rotatable bonds is 7. The highest BCUT2D eigenvalue weighted by molar-refractivity contribution is 9.10. The Morgan fingerprint density at radius 1 is 1.38 bits per heavy atom. The third-order valence-electron chi connectivity index (χ3n) is 3.60. The molecule has 2 N–H and O–H groups in total. The van der Waals surface area contributed by atoms with Gasteiger partial charge in [-0.3, -0.25) is 4.79 Å². The molecule has 1 aliphatic rings. The zero-order chi connectivity index (χ0) is 15.1. The molecule has 118 valence electrons. The summed E-state index contributed by atoms with van der Waals surface area (Å²) < 4.78 is 2.07. The molecule has 7 heteroatoms. The third-order valence-corrected chi connectivity index (χ3v) is 4.36. The van der Waals surface area contributed by atoms with Gasteiger partial charge in [-0.15, -0.1) is 0 Å². The van der Waals surface area contributed by atoms with Crippen LogP contribution in [0.5, 0.6) is 0 Å². The smallest absolute Gasteiger partial charge is 0.283 e. The lowest BCUT2D eigenvalue weighted by atomic mass is 10.3. The van der Waals surface area contributed by atoms with Crippen molar-refractivity contribution < 1.29 is 0 Å². The van der Waals surface area contributed by atoms with Gasteiger partial charge in [0.1, 0.15) is 4.47 Å². The normalized spacial score (nSPS) is 16.1. The van der Waals surface area contributed by atoms with Crippen LogP contribution in [-0.4, -0.2) is 53.9 Å². The lowest BCUT2D eigenvalue weighted by Gasteiger charge is -2.27. The van der Waals surface area contributed by atoms with Crippen molar-refractivity contribution in [2.24, 2.45) is 0 Å². The molecule has 1 aromatic heterocycles. The Labute approximate surface area is 134 Å². The van der Waals surface area contributed by atoms with Crippen molar-refractivity contribution in [3.05, 3.63) is 21.0 Å². The number of nitrogens with zero attached hydrogens (tertiary/aromatic N) is 3. The van der Waals surface area contributed by atoms with E-state index in [1.165, 1.54) is 4.68 Å². The summed E-state index contributed by atoms with van der Waals surface area (Å²) in [6.07, 6.45) is 3.69. The highest BCUT2D eigenvalue weighted by Gasteiger charge is 2.10. The number of hydrogen-bond donors (Lipinski definition) is 2. The molecule has 0 atom stereocenters. The van der Waals surface area contributed by atoms with Crippen LogP contribution in [0.15, 0.2) is 15.5 Å². The summed E-state index contributed by atoms with van der Waals surface area (Å²) in [6.45, 7) is 9.03. The molecule has 0 radical (unpaired) electrons. The summed E-state index contributed by atoms with van der Waals surface area (Å²) in [5, 5.41) is 10.8. The fraction of sp³-hybridized carbons (Fsp3) is 0.714. The first-order valence-corrected chi connectivity index (χ1v) is 8.44. The average molecular weight is 358 g/mol. The fourth-order valence-corrected chi connectivity index (χ4v) is 2.87. The zero-order valence-electron chi connectivity index (χ0n) is 12.6. The van der Waals surface area contributed by atoms with Gasteiger partial charge >= 0.3 is 0 Å². The lowest BCUT2D eigenvalue weighted by Crippen LogP contribution is -2.44. The fourth-order valence-electron chi connectivity index (χ4n) is 2.42. The standard InChI is InChI=1S/C14H24BrN5O/c1-2-7-20-14(21)13(15)12(11-18-20)17-4-3-8-19-9-5-16-6-10-19/h11,16-17H,2-10H2,1H3. The Bertz CT molecular complexity index is 499. The van der Waals surface area contributed by atoms with Crippen LogP contribution < -0.4 is 16.2 Å². The predicted octanol–water partition coefficient (Wildman–Crippen LogP) is 1.12. The number of aryl methyl sites for hydroxylation is 1. The molecule has 0 aromatic carbocycles. The van der Waals surface area contributed by atoms with Gasteiger partial charge in [0.15, 0.2) is 0 Å². The molecule has 6 nitrogen and oxygen atoms in total. The summed E-state index contributed by atoms with van der Waals surface area (Å²) in [5.41, 5.74) is 0.719. The van der Waals surface area contributed by atoms with Gasteiger partial charge in [-0.05, 0) is 35.3 Å². The summed E-state index contributed by atoms with van der Waals surface area (Å²) in [7, 11) is 0. The van der Waals surface area contributed by atoms with E-state index in [4.69, 9.17) is 0 Å². The van der Waals surface area contributed by atoms with Gasteiger partial charge < -0.3 is 15.5 Å². The first kappa shape index (κ1) is 16.5. The van der Waals surface area contributed by atoms with Crippen LogP contribution in [0.25, 0.3) is 0 Å². The molecule has 0 amide bonds. The third kappa shape index (κ3) is 4.79. The van der Waals surface area contributed by atoms with Crippen LogP contribution in [0, 0.1) is 0 Å². The highest BCUT2D eigenvalue weighted by atomic mass is 79.9. The maximum Gasteiger partial charge on any atom is 0.283 e. The van der Waals surface area contributed by atoms with E-state index in [1.807, 2.05) is 6.92 Å². The Morgan fingerprint density at radius 3 is 2.86 bits per heavy atom. The van der Waals surface area contributed by atoms with Gasteiger partial charge in [0.25, 0.3) is 5.56 Å². The summed E-state index contributed by atoms with van der Waals surface area (Å²) in [4.78, 5) is 14.5. The molecule has 1 saturated heterocycles. The quantitative estimate of drug-likeness (QED) is 0.716. The Balaban J connectivity index is 1.80. The molecule has 1 aromatic rings. The summed E-state index contributed by atoms with van der Waals surface area (Å²) >= 11 is 3.38. The van der Waals surface area contributed by atoms with Gasteiger partial charge in [-0.2, -0.15) is 5.10 Å². The Morgan fingerprint density at radius 2 is 2.14 bits per heavy atom. The minimum atomic E-state index is -0.0658. The van der Waals surface area contributed by atoms with Crippen molar-refractivity contribution in [3.8, 4) is 0 Å². The van der Waals surface area contributed by atoms with Crippen LogP contribution in [0.4, 0.5) is 5.69 Å². The molecule has 21 heavy (non-hydrogen) atoms. The van der Waals surface area contributed by atoms with Crippen molar-refractivity contribution in [1.82, 2.24) is 20.0 Å². The minimum Gasteiger partial charge on any atom is -0.383 e. The van der Waals surface area contributed by atoms with E-state index in [2.05, 4.69) is 36.6 Å². The molecule has 0 unspecified atom stereocenters. The van der Waals surface area contributed by atoms with Crippen LogP contribution >= 0.6 is 15.9 Å². The molecule has 0 aliphatic carbocycles. The number of halogens is 1. The van der Waals surface area contributed by atoms with E-state index < -0.39 is 0 Å². The molecular weight excluding hydrogens is 334 g/mol. The minimum absolute atomic E-state index is 0.0658. The van der Waals surface area contributed by atoms with E-state index >= 15 is 0 Å². The topological polar surface area (TPSA) is 62.2 Å². The second-order valence-electron chi connectivity index (χ2n) is 5.27. The zero-order valence-corrected chi connectivity index (χ0v) is 14.2. The SMILES string of the molecule is CCCn1ncc(NCCCN2CCNCC2)c(Br)c1=O. The van der Waals surface area contributed by atoms with Crippen LogP contribution in [0.1, 0.15) is 19.8 Å². The molecular formula is C14H24BrN5O. The van der Waals surface area contributed by atoms with Crippen molar-refractivity contribution >= 4 is 21.6 Å². The lowest BCUT2D eigenvalue weighted by molar-refractivity contribution is 0.240. The van der Waals surface area contributed by atoms with Crippen LogP contribution in [0.2, 0.25) is 0 Å². The molecule has 0 bridgehead atoms. The molecule has 1 fully saturated rings. The molecule has 0 spiro atoms. The molecule has 0 saturated carbocycles. The van der Waals surface area contributed by atoms with E-state index in [-0.39, 0.29) is 5.56 Å². The van der Waals surface area contributed by atoms with Gasteiger partial charge in [0.05, 0.1) is 11.9 Å². The second-order valence-corrected chi connectivity index (χ2v) is 6.07. The van der Waals surface area contributed by atoms with E-state index in [0.717, 1.165) is 57.8 Å². The van der Waals surface area contributed by atoms with Crippen LogP contribution in [-0.2, 0) is 6.54 Å². The number of aromatic nitrogens is 2. The second kappa shape index (κ2) is 8.51. The maximum absolute atomic E-state index is 12.1. The predicted molar refractivity (Wildman–Crippen MR) is 88.9 cm³/mol. The molecule has 1 aliphatic heterocycles. The Hall–Kier alpha value is -0.920. The van der Waals surface area contributed by atoms with Crippen molar-refractivity contribution in [2.75, 3.05) is 44.6 Å². The number of hydrogen-bond acceptors (Lipinski definition) is 5. The monoisotopic (exact) mass is 357 g/mol. The Kier molecular flexibility index (Phi) is 6.66.